The first-order valence-electron chi connectivity index (χ1n) is 11.9. The third kappa shape index (κ3) is 5.52. The van der Waals surface area contributed by atoms with E-state index in [1.807, 2.05) is 36.4 Å². The van der Waals surface area contributed by atoms with Gasteiger partial charge in [0.2, 0.25) is 5.91 Å². The van der Waals surface area contributed by atoms with E-state index in [4.69, 9.17) is 4.74 Å². The molecule has 0 bridgehead atoms. The van der Waals surface area contributed by atoms with Crippen LogP contribution in [0.3, 0.4) is 0 Å². The number of nitrogens with zero attached hydrogens (tertiary/aromatic N) is 3. The zero-order valence-corrected chi connectivity index (χ0v) is 22.6. The molecule has 5 rings (SSSR count). The number of carbonyl (C=O) groups is 3. The van der Waals surface area contributed by atoms with E-state index < -0.39 is 11.1 Å². The van der Waals surface area contributed by atoms with Gasteiger partial charge in [0, 0.05) is 28.7 Å². The second kappa shape index (κ2) is 11.3. The van der Waals surface area contributed by atoms with E-state index in [0.717, 1.165) is 38.7 Å². The number of amides is 3. The molecule has 1 fully saturated rings. The van der Waals surface area contributed by atoms with Crippen LogP contribution in [0.25, 0.3) is 6.08 Å². The number of halogens is 1. The summed E-state index contributed by atoms with van der Waals surface area (Å²) in [5, 5.41) is 8.86. The molecule has 3 aromatic carbocycles. The van der Waals surface area contributed by atoms with E-state index in [0.29, 0.717) is 30.0 Å². The summed E-state index contributed by atoms with van der Waals surface area (Å²) in [4.78, 5) is 41.8. The minimum absolute atomic E-state index is 0.168. The Kier molecular flexibility index (Phi) is 7.63. The molecule has 3 aromatic rings. The van der Waals surface area contributed by atoms with Gasteiger partial charge in [0.1, 0.15) is 18.9 Å². The average Bonchev–Trinajstić information content (AvgIpc) is 3.19. The number of hydrogen-bond acceptors (Lipinski definition) is 6. The zero-order valence-electron chi connectivity index (χ0n) is 20.2. The van der Waals surface area contributed by atoms with Crippen LogP contribution in [0.5, 0.6) is 5.75 Å². The highest BCUT2D eigenvalue weighted by Crippen LogP contribution is 2.35. The Hall–Kier alpha value is -3.87. The molecule has 3 amide bonds. The molecule has 2 aliphatic heterocycles. The van der Waals surface area contributed by atoms with Crippen LogP contribution in [-0.4, -0.2) is 39.9 Å². The Balaban J connectivity index is 1.30. The molecule has 2 heterocycles. The van der Waals surface area contributed by atoms with Gasteiger partial charge in [-0.2, -0.15) is 5.26 Å². The standard InChI is InChI=1S/C29H22BrN3O4S/c30-24-9-10-25(37-18-22-8-4-2-6-20(22)15-31)23(13-24)14-26-28(35)33(29(36)38-26)17-27(34)32-12-11-19-5-1-3-7-21(19)16-32/h1-10,13-14H,11-12,16-18H2/b26-14-. The number of rotatable bonds is 6. The van der Waals surface area contributed by atoms with Crippen LogP contribution in [0.1, 0.15) is 27.8 Å². The van der Waals surface area contributed by atoms with Crippen molar-refractivity contribution in [3.8, 4) is 11.8 Å². The summed E-state index contributed by atoms with van der Waals surface area (Å²) in [6, 6.07) is 22.6. The van der Waals surface area contributed by atoms with Gasteiger partial charge in [-0.15, -0.1) is 0 Å². The van der Waals surface area contributed by atoms with Crippen LogP contribution in [0.2, 0.25) is 0 Å². The second-order valence-corrected chi connectivity index (χ2v) is 10.8. The van der Waals surface area contributed by atoms with E-state index >= 15 is 0 Å². The number of carbonyl (C=O) groups excluding carboxylic acids is 3. The molecule has 190 valence electrons. The van der Waals surface area contributed by atoms with Crippen molar-refractivity contribution < 1.29 is 19.1 Å². The number of nitriles is 1. The highest BCUT2D eigenvalue weighted by atomic mass is 79.9. The normalized spacial score (nSPS) is 15.9. The minimum atomic E-state index is -0.508. The summed E-state index contributed by atoms with van der Waals surface area (Å²) < 4.78 is 6.77. The monoisotopic (exact) mass is 587 g/mol. The summed E-state index contributed by atoms with van der Waals surface area (Å²) >= 11 is 4.25. The highest BCUT2D eigenvalue weighted by Gasteiger charge is 2.37. The molecule has 0 aliphatic carbocycles. The van der Waals surface area contributed by atoms with Crippen molar-refractivity contribution in [3.63, 3.8) is 0 Å². The first kappa shape index (κ1) is 25.8. The first-order chi connectivity index (χ1) is 18.4. The maximum Gasteiger partial charge on any atom is 0.294 e. The van der Waals surface area contributed by atoms with Gasteiger partial charge in [0.15, 0.2) is 0 Å². The second-order valence-electron chi connectivity index (χ2n) is 8.84. The van der Waals surface area contributed by atoms with Crippen LogP contribution in [0.15, 0.2) is 76.1 Å². The molecule has 0 saturated carbocycles. The molecular weight excluding hydrogens is 566 g/mol. The summed E-state index contributed by atoms with van der Waals surface area (Å²) in [5.74, 6) is -0.270. The van der Waals surface area contributed by atoms with Crippen LogP contribution in [0, 0.1) is 11.3 Å². The third-order valence-electron chi connectivity index (χ3n) is 6.43. The molecular formula is C29H22BrN3O4S. The van der Waals surface area contributed by atoms with Gasteiger partial charge in [-0.25, -0.2) is 0 Å². The topological polar surface area (TPSA) is 90.7 Å². The Morgan fingerprint density at radius 1 is 1.08 bits per heavy atom. The van der Waals surface area contributed by atoms with E-state index in [9.17, 15) is 19.6 Å². The first-order valence-corrected chi connectivity index (χ1v) is 13.5. The number of thioether (sulfide) groups is 1. The van der Waals surface area contributed by atoms with Gasteiger partial charge in [-0.05, 0) is 59.7 Å². The average molecular weight is 588 g/mol. The third-order valence-corrected chi connectivity index (χ3v) is 7.83. The van der Waals surface area contributed by atoms with Gasteiger partial charge in [-0.3, -0.25) is 19.3 Å². The van der Waals surface area contributed by atoms with Gasteiger partial charge >= 0.3 is 0 Å². The quantitative estimate of drug-likeness (QED) is 0.353. The van der Waals surface area contributed by atoms with Gasteiger partial charge in [0.25, 0.3) is 11.1 Å². The van der Waals surface area contributed by atoms with E-state index in [1.54, 1.807) is 35.2 Å². The molecule has 7 nitrogen and oxygen atoms in total. The summed E-state index contributed by atoms with van der Waals surface area (Å²) in [7, 11) is 0. The fourth-order valence-electron chi connectivity index (χ4n) is 4.40. The Labute approximate surface area is 232 Å². The SMILES string of the molecule is N#Cc1ccccc1COc1ccc(Br)cc1/C=C1\SC(=O)N(CC(=O)N2CCc3ccccc3C2)C1=O. The van der Waals surface area contributed by atoms with E-state index in [-0.39, 0.29) is 24.0 Å². The van der Waals surface area contributed by atoms with Gasteiger partial charge < -0.3 is 9.64 Å². The lowest BCUT2D eigenvalue weighted by Gasteiger charge is -2.29. The number of hydrogen-bond donors (Lipinski definition) is 0. The minimum Gasteiger partial charge on any atom is -0.488 e. The van der Waals surface area contributed by atoms with Crippen LogP contribution in [-0.2, 0) is 29.2 Å². The summed E-state index contributed by atoms with van der Waals surface area (Å²) in [6.45, 7) is 0.891. The number of ether oxygens (including phenoxy) is 1. The van der Waals surface area contributed by atoms with E-state index in [2.05, 4.69) is 28.1 Å². The highest BCUT2D eigenvalue weighted by molar-refractivity contribution is 9.10. The van der Waals surface area contributed by atoms with E-state index in [1.165, 1.54) is 5.56 Å². The molecule has 0 atom stereocenters. The fourth-order valence-corrected chi connectivity index (χ4v) is 5.60. The predicted octanol–water partition coefficient (Wildman–Crippen LogP) is 5.52. The lowest BCUT2D eigenvalue weighted by molar-refractivity contribution is -0.136. The molecule has 0 radical (unpaired) electrons. The number of fused-ring (bicyclic) bond motifs is 1. The molecule has 0 N–H and O–H groups in total. The molecule has 0 aromatic heterocycles. The largest absolute Gasteiger partial charge is 0.488 e. The zero-order chi connectivity index (χ0) is 26.6. The lowest BCUT2D eigenvalue weighted by atomic mass is 10.00. The number of benzene rings is 3. The van der Waals surface area contributed by atoms with Crippen LogP contribution < -0.4 is 4.74 Å². The summed E-state index contributed by atoms with van der Waals surface area (Å²) in [6.07, 6.45) is 2.34. The molecule has 1 saturated heterocycles. The summed E-state index contributed by atoms with van der Waals surface area (Å²) in [5.41, 5.74) is 4.16. The van der Waals surface area contributed by atoms with Crippen molar-refractivity contribution in [2.24, 2.45) is 0 Å². The molecule has 38 heavy (non-hydrogen) atoms. The smallest absolute Gasteiger partial charge is 0.294 e. The van der Waals surface area contributed by atoms with Crippen molar-refractivity contribution in [1.82, 2.24) is 9.80 Å². The Bertz CT molecular complexity index is 1510. The van der Waals surface area contributed by atoms with Crippen LogP contribution in [0.4, 0.5) is 4.79 Å². The molecule has 2 aliphatic rings. The van der Waals surface area contributed by atoms with Crippen LogP contribution >= 0.6 is 27.7 Å². The van der Waals surface area contributed by atoms with Gasteiger partial charge in [-0.1, -0.05) is 58.4 Å². The van der Waals surface area contributed by atoms with Gasteiger partial charge in [0.05, 0.1) is 16.5 Å². The molecule has 0 spiro atoms. The lowest BCUT2D eigenvalue weighted by Crippen LogP contribution is -2.44. The van der Waals surface area contributed by atoms with Crippen molar-refractivity contribution in [3.05, 3.63) is 104 Å². The Morgan fingerprint density at radius 2 is 1.84 bits per heavy atom. The Morgan fingerprint density at radius 3 is 2.66 bits per heavy atom. The van der Waals surface area contributed by atoms with Crippen molar-refractivity contribution in [2.75, 3.05) is 13.1 Å². The molecule has 9 heteroatoms. The predicted molar refractivity (Wildman–Crippen MR) is 148 cm³/mol. The number of imide groups is 1. The van der Waals surface area contributed by atoms with Crippen molar-refractivity contribution >= 4 is 50.8 Å². The maximum atomic E-state index is 13.2. The van der Waals surface area contributed by atoms with Crippen molar-refractivity contribution in [2.45, 2.75) is 19.6 Å². The van der Waals surface area contributed by atoms with Crippen molar-refractivity contribution in [1.29, 1.82) is 5.26 Å². The molecule has 0 unspecified atom stereocenters. The fraction of sp³-hybridized carbons (Fsp3) is 0.172. The maximum absolute atomic E-state index is 13.2.